The number of ketones is 1. The minimum absolute atomic E-state index is 0.00219. The largest absolute Gasteiger partial charge is 0.438 e. The van der Waals surface area contributed by atoms with E-state index in [2.05, 4.69) is 61.8 Å². The van der Waals surface area contributed by atoms with Crippen molar-refractivity contribution in [3.8, 4) is 17.3 Å². The number of carbonyl (C=O) groups is 2. The number of hydrogen-bond donors (Lipinski definition) is 4. The third-order valence-corrected chi connectivity index (χ3v) is 10.0. The summed E-state index contributed by atoms with van der Waals surface area (Å²) in [6.45, 7) is 12.4. The van der Waals surface area contributed by atoms with Crippen LogP contribution in [0.25, 0.3) is 27.4 Å². The number of aromatic nitrogens is 6. The number of aryl methyl sites for hydroxylation is 1. The van der Waals surface area contributed by atoms with E-state index < -0.39 is 6.03 Å². The molecule has 4 aromatic carbocycles. The SMILES string of the molecule is Cc1ccc(-n2nc(C(C)(C)C)cc2NC(=O)Nc2ccc(Oc3ccnc(Nc4ccc5[nH]nc(C(=O)CCCN6CCOCC6)c5c4)n3)c3ccccc23)cc1. The van der Waals surface area contributed by atoms with Gasteiger partial charge in [0.1, 0.15) is 17.3 Å². The van der Waals surface area contributed by atoms with Crippen molar-refractivity contribution in [3.05, 3.63) is 114 Å². The third kappa shape index (κ3) is 8.67. The highest BCUT2D eigenvalue weighted by molar-refractivity contribution is 6.08. The van der Waals surface area contributed by atoms with Gasteiger partial charge in [-0.25, -0.2) is 14.5 Å². The highest BCUT2D eigenvalue weighted by Gasteiger charge is 2.22. The van der Waals surface area contributed by atoms with Gasteiger partial charge in [-0.05, 0) is 62.4 Å². The number of rotatable bonds is 12. The summed E-state index contributed by atoms with van der Waals surface area (Å²) in [7, 11) is 0. The second-order valence-corrected chi connectivity index (χ2v) is 15.4. The maximum Gasteiger partial charge on any atom is 0.324 e. The lowest BCUT2D eigenvalue weighted by molar-refractivity contribution is 0.0371. The van der Waals surface area contributed by atoms with Gasteiger partial charge in [0, 0.05) is 65.1 Å². The molecule has 0 radical (unpaired) electrons. The molecule has 0 bridgehead atoms. The minimum atomic E-state index is -0.409. The van der Waals surface area contributed by atoms with Gasteiger partial charge in [0.25, 0.3) is 0 Å². The summed E-state index contributed by atoms with van der Waals surface area (Å²) in [5.41, 5.74) is 5.10. The molecule has 0 unspecified atom stereocenters. The number of Topliss-reactive ketones (excluding diaryl/α,β-unsaturated/α-hetero) is 1. The average Bonchev–Trinajstić information content (AvgIpc) is 3.84. The van der Waals surface area contributed by atoms with E-state index in [1.807, 2.05) is 79.7 Å². The standard InChI is InChI=1S/C44H46N10O4/c1-28-11-14-30(15-12-28)54-39(27-38(52-54)44(2,3)4)48-43(56)47-34-17-18-37(32-9-6-5-8-31(32)34)58-40-19-20-45-42(49-40)46-29-13-16-35-33(26-29)41(51-50-35)36(55)10-7-21-53-22-24-57-25-23-53/h5-6,8-9,11-20,26-27H,7,10,21-25H2,1-4H3,(H,50,51)(H,45,46,49)(H2,47,48,56). The van der Waals surface area contributed by atoms with E-state index in [0.717, 1.165) is 77.9 Å². The number of morpholine rings is 1. The molecular weight excluding hydrogens is 733 g/mol. The second-order valence-electron chi connectivity index (χ2n) is 15.4. The molecule has 0 atom stereocenters. The van der Waals surface area contributed by atoms with Gasteiger partial charge in [0.15, 0.2) is 5.78 Å². The molecule has 8 rings (SSSR count). The Kier molecular flexibility index (Phi) is 10.8. The van der Waals surface area contributed by atoms with Gasteiger partial charge in [-0.3, -0.25) is 20.1 Å². The van der Waals surface area contributed by atoms with Crippen molar-refractivity contribution in [3.63, 3.8) is 0 Å². The van der Waals surface area contributed by atoms with E-state index in [4.69, 9.17) is 14.6 Å². The lowest BCUT2D eigenvalue weighted by Crippen LogP contribution is -2.36. The van der Waals surface area contributed by atoms with Crippen molar-refractivity contribution in [2.24, 2.45) is 0 Å². The summed E-state index contributed by atoms with van der Waals surface area (Å²) >= 11 is 0. The van der Waals surface area contributed by atoms with Gasteiger partial charge in [-0.15, -0.1) is 0 Å². The van der Waals surface area contributed by atoms with Crippen LogP contribution in [0.15, 0.2) is 97.2 Å². The van der Waals surface area contributed by atoms with Gasteiger partial charge in [0.2, 0.25) is 11.8 Å². The summed E-state index contributed by atoms with van der Waals surface area (Å²) < 4.78 is 13.5. The van der Waals surface area contributed by atoms with Crippen LogP contribution in [-0.4, -0.2) is 79.5 Å². The number of fused-ring (bicyclic) bond motifs is 2. The first kappa shape index (κ1) is 38.2. The molecule has 1 fully saturated rings. The van der Waals surface area contributed by atoms with E-state index in [-0.39, 0.29) is 11.2 Å². The normalized spacial score (nSPS) is 13.4. The predicted octanol–water partition coefficient (Wildman–Crippen LogP) is 8.77. The van der Waals surface area contributed by atoms with Crippen molar-refractivity contribution >= 4 is 56.6 Å². The van der Waals surface area contributed by atoms with Crippen LogP contribution in [0.1, 0.15) is 55.4 Å². The van der Waals surface area contributed by atoms with Crippen molar-refractivity contribution in [1.29, 1.82) is 0 Å². The van der Waals surface area contributed by atoms with Gasteiger partial charge in [-0.2, -0.15) is 15.2 Å². The third-order valence-electron chi connectivity index (χ3n) is 10.0. The first-order valence-corrected chi connectivity index (χ1v) is 19.4. The van der Waals surface area contributed by atoms with Crippen LogP contribution in [0.5, 0.6) is 11.6 Å². The Labute approximate surface area is 336 Å². The van der Waals surface area contributed by atoms with E-state index in [1.165, 1.54) is 0 Å². The number of aromatic amines is 1. The molecular formula is C44H46N10O4. The molecule has 0 saturated carbocycles. The van der Waals surface area contributed by atoms with E-state index in [0.29, 0.717) is 46.9 Å². The molecule has 1 aliphatic rings. The molecule has 0 spiro atoms. The zero-order valence-corrected chi connectivity index (χ0v) is 33.0. The Balaban J connectivity index is 0.956. The Bertz CT molecular complexity index is 2590. The molecule has 7 aromatic rings. The molecule has 3 aromatic heterocycles. The van der Waals surface area contributed by atoms with Gasteiger partial charge in [-0.1, -0.05) is 62.7 Å². The van der Waals surface area contributed by atoms with Crippen LogP contribution < -0.4 is 20.7 Å². The molecule has 58 heavy (non-hydrogen) atoms. The van der Waals surface area contributed by atoms with E-state index in [9.17, 15) is 9.59 Å². The number of nitrogens with one attached hydrogen (secondary N) is 4. The molecule has 1 saturated heterocycles. The fraction of sp³-hybridized carbons (Fsp3) is 0.273. The number of amides is 2. The maximum absolute atomic E-state index is 13.5. The maximum atomic E-state index is 13.5. The summed E-state index contributed by atoms with van der Waals surface area (Å²) in [6.07, 6.45) is 2.78. The number of nitrogens with zero attached hydrogens (tertiary/aromatic N) is 6. The van der Waals surface area contributed by atoms with Crippen LogP contribution in [0.3, 0.4) is 0 Å². The van der Waals surface area contributed by atoms with Crippen LogP contribution in [0.2, 0.25) is 0 Å². The number of ether oxygens (including phenoxy) is 2. The summed E-state index contributed by atoms with van der Waals surface area (Å²) in [5.74, 6) is 1.74. The monoisotopic (exact) mass is 778 g/mol. The van der Waals surface area contributed by atoms with Crippen LogP contribution >= 0.6 is 0 Å². The number of H-pyrrole nitrogens is 1. The number of carbonyl (C=O) groups excluding carboxylic acids is 2. The average molecular weight is 779 g/mol. The molecule has 0 aliphatic carbocycles. The topological polar surface area (TPSA) is 164 Å². The fourth-order valence-electron chi connectivity index (χ4n) is 6.87. The fourth-order valence-corrected chi connectivity index (χ4v) is 6.87. The molecule has 4 N–H and O–H groups in total. The van der Waals surface area contributed by atoms with Crippen molar-refractivity contribution in [2.45, 2.75) is 46.0 Å². The molecule has 296 valence electrons. The van der Waals surface area contributed by atoms with Crippen LogP contribution in [0.4, 0.5) is 27.9 Å². The molecule has 2 amide bonds. The molecule has 4 heterocycles. The van der Waals surface area contributed by atoms with Crippen molar-refractivity contribution in [1.82, 2.24) is 34.8 Å². The predicted molar refractivity (Wildman–Crippen MR) is 226 cm³/mol. The van der Waals surface area contributed by atoms with Crippen LogP contribution in [-0.2, 0) is 10.2 Å². The van der Waals surface area contributed by atoms with Gasteiger partial charge >= 0.3 is 6.03 Å². The number of urea groups is 1. The van der Waals surface area contributed by atoms with Crippen LogP contribution in [0, 0.1) is 6.92 Å². The molecule has 14 heteroatoms. The van der Waals surface area contributed by atoms with E-state index >= 15 is 0 Å². The quantitative estimate of drug-likeness (QED) is 0.0882. The lowest BCUT2D eigenvalue weighted by Gasteiger charge is -2.26. The summed E-state index contributed by atoms with van der Waals surface area (Å²) in [5, 5.41) is 23.7. The first-order valence-electron chi connectivity index (χ1n) is 19.4. The second kappa shape index (κ2) is 16.5. The molecule has 1 aliphatic heterocycles. The Morgan fingerprint density at radius 3 is 2.48 bits per heavy atom. The Hall–Kier alpha value is -6.64. The van der Waals surface area contributed by atoms with Gasteiger partial charge in [0.05, 0.1) is 35.8 Å². The van der Waals surface area contributed by atoms with E-state index in [1.54, 1.807) is 29.1 Å². The zero-order valence-electron chi connectivity index (χ0n) is 33.0. The highest BCUT2D eigenvalue weighted by atomic mass is 16.5. The van der Waals surface area contributed by atoms with Gasteiger partial charge < -0.3 is 20.1 Å². The number of anilines is 4. The lowest BCUT2D eigenvalue weighted by atomic mass is 9.92. The van der Waals surface area contributed by atoms with Crippen molar-refractivity contribution < 1.29 is 19.1 Å². The minimum Gasteiger partial charge on any atom is -0.438 e. The van der Waals surface area contributed by atoms with Crippen molar-refractivity contribution in [2.75, 3.05) is 48.8 Å². The zero-order chi connectivity index (χ0) is 40.2. The number of benzene rings is 4. The summed E-state index contributed by atoms with van der Waals surface area (Å²) in [4.78, 5) is 38.1. The smallest absolute Gasteiger partial charge is 0.324 e. The Morgan fingerprint density at radius 1 is 0.897 bits per heavy atom. The highest BCUT2D eigenvalue weighted by Crippen LogP contribution is 2.35. The molecule has 14 nitrogen and oxygen atoms in total. The number of hydrogen-bond acceptors (Lipinski definition) is 10. The first-order chi connectivity index (χ1) is 28.1. The Morgan fingerprint density at radius 2 is 1.69 bits per heavy atom. The summed E-state index contributed by atoms with van der Waals surface area (Å²) in [6, 6.07) is 28.1.